The third kappa shape index (κ3) is 4.14. The van der Waals surface area contributed by atoms with Crippen LogP contribution in [0.4, 0.5) is 5.13 Å². The lowest BCUT2D eigenvalue weighted by Crippen LogP contribution is -2.03. The summed E-state index contributed by atoms with van der Waals surface area (Å²) in [7, 11) is 1.31. The van der Waals surface area contributed by atoms with Crippen LogP contribution in [0.5, 0.6) is 0 Å². The zero-order chi connectivity index (χ0) is 11.8. The summed E-state index contributed by atoms with van der Waals surface area (Å²) in [5.74, 6) is 0.647. The molecule has 1 heterocycles. The van der Waals surface area contributed by atoms with Crippen molar-refractivity contribution in [2.75, 3.05) is 12.8 Å². The molecule has 0 radical (unpaired) electrons. The van der Waals surface area contributed by atoms with Gasteiger partial charge < -0.3 is 10.5 Å². The van der Waals surface area contributed by atoms with Crippen molar-refractivity contribution in [3.05, 3.63) is 5.01 Å². The van der Waals surface area contributed by atoms with Gasteiger partial charge in [-0.15, -0.1) is 10.2 Å². The highest BCUT2D eigenvalue weighted by Crippen LogP contribution is 2.34. The Morgan fingerprint density at radius 3 is 2.44 bits per heavy atom. The van der Waals surface area contributed by atoms with Crippen LogP contribution in [0.25, 0.3) is 0 Å². The van der Waals surface area contributed by atoms with Gasteiger partial charge in [0.1, 0.15) is 5.01 Å². The van der Waals surface area contributed by atoms with E-state index in [2.05, 4.69) is 14.9 Å². The number of rotatable bonds is 2. The van der Waals surface area contributed by atoms with E-state index in [0.29, 0.717) is 17.5 Å². The molecule has 5 nitrogen and oxygen atoms in total. The third-order valence-electron chi connectivity index (χ3n) is 2.51. The summed E-state index contributed by atoms with van der Waals surface area (Å²) >= 11 is 1.55. The molecule has 6 heteroatoms. The Bertz CT molecular complexity index is 311. The minimum atomic E-state index is 0.375. The van der Waals surface area contributed by atoms with Crippen molar-refractivity contribution in [2.24, 2.45) is 0 Å². The van der Waals surface area contributed by atoms with Crippen LogP contribution in [0.3, 0.4) is 0 Å². The summed E-state index contributed by atoms with van der Waals surface area (Å²) in [6.45, 7) is 0.375. The van der Waals surface area contributed by atoms with E-state index in [1.165, 1.54) is 39.2 Å². The van der Waals surface area contributed by atoms with E-state index in [4.69, 9.17) is 10.5 Å². The van der Waals surface area contributed by atoms with Crippen molar-refractivity contribution in [3.8, 4) is 0 Å². The minimum Gasteiger partial charge on any atom is -0.471 e. The summed E-state index contributed by atoms with van der Waals surface area (Å²) in [5, 5.41) is 9.67. The second kappa shape index (κ2) is 7.16. The second-order valence-corrected chi connectivity index (χ2v) is 4.69. The highest BCUT2D eigenvalue weighted by Gasteiger charge is 2.18. The molecule has 2 rings (SSSR count). The number of anilines is 1. The van der Waals surface area contributed by atoms with Gasteiger partial charge >= 0.3 is 0 Å². The Hall–Kier alpha value is -1.17. The lowest BCUT2D eigenvalue weighted by atomic mass is 9.90. The van der Waals surface area contributed by atoms with Crippen LogP contribution in [0.15, 0.2) is 0 Å². The zero-order valence-corrected chi connectivity index (χ0v) is 10.2. The average molecular weight is 243 g/mol. The molecular weight excluding hydrogens is 226 g/mol. The molecular formula is C10H17N3O2S. The van der Waals surface area contributed by atoms with E-state index in [1.54, 1.807) is 11.3 Å². The standard InChI is InChI=1S/C8H13N3S.C2H4O2/c9-8-11-10-7(12-8)6-4-2-1-3-5-6;1-4-2-3/h6H,1-5H2,(H2,9,11);2H,1H3. The van der Waals surface area contributed by atoms with Crippen molar-refractivity contribution >= 4 is 22.9 Å². The van der Waals surface area contributed by atoms with Gasteiger partial charge in [-0.3, -0.25) is 4.79 Å². The Morgan fingerprint density at radius 2 is 2.00 bits per heavy atom. The predicted octanol–water partition coefficient (Wildman–Crippen LogP) is 1.96. The molecule has 2 N–H and O–H groups in total. The smallest absolute Gasteiger partial charge is 0.292 e. The number of nitrogens with two attached hydrogens (primary N) is 1. The minimum absolute atomic E-state index is 0.375. The predicted molar refractivity (Wildman–Crippen MR) is 63.2 cm³/mol. The molecule has 90 valence electrons. The molecule has 0 unspecified atom stereocenters. The van der Waals surface area contributed by atoms with Gasteiger partial charge in [-0.05, 0) is 12.8 Å². The number of hydrogen-bond acceptors (Lipinski definition) is 6. The quantitative estimate of drug-likeness (QED) is 0.803. The van der Waals surface area contributed by atoms with E-state index in [-0.39, 0.29) is 0 Å². The second-order valence-electron chi connectivity index (χ2n) is 3.65. The largest absolute Gasteiger partial charge is 0.471 e. The number of ether oxygens (including phenoxy) is 1. The van der Waals surface area contributed by atoms with Gasteiger partial charge in [0.25, 0.3) is 6.47 Å². The molecule has 1 saturated carbocycles. The molecule has 1 aliphatic carbocycles. The van der Waals surface area contributed by atoms with Crippen molar-refractivity contribution in [3.63, 3.8) is 0 Å². The number of nitrogens with zero attached hydrogens (tertiary/aromatic N) is 2. The average Bonchev–Trinajstić information content (AvgIpc) is 2.77. The number of aromatic nitrogens is 2. The van der Waals surface area contributed by atoms with Gasteiger partial charge in [-0.25, -0.2) is 0 Å². The Labute approximate surface area is 99.0 Å². The summed E-state index contributed by atoms with van der Waals surface area (Å²) in [6.07, 6.45) is 6.60. The maximum Gasteiger partial charge on any atom is 0.292 e. The molecule has 1 aromatic heterocycles. The van der Waals surface area contributed by atoms with Gasteiger partial charge in [-0.1, -0.05) is 30.6 Å². The van der Waals surface area contributed by atoms with Gasteiger partial charge in [-0.2, -0.15) is 0 Å². The maximum absolute atomic E-state index is 8.95. The monoisotopic (exact) mass is 243 g/mol. The Morgan fingerprint density at radius 1 is 1.38 bits per heavy atom. The van der Waals surface area contributed by atoms with E-state index in [1.807, 2.05) is 0 Å². The fraction of sp³-hybridized carbons (Fsp3) is 0.700. The topological polar surface area (TPSA) is 78.1 Å². The first kappa shape index (κ1) is 12.9. The third-order valence-corrected chi connectivity index (χ3v) is 3.42. The van der Waals surface area contributed by atoms with E-state index in [0.717, 1.165) is 5.01 Å². The first-order chi connectivity index (χ1) is 7.77. The molecule has 0 aromatic carbocycles. The lowest BCUT2D eigenvalue weighted by Gasteiger charge is -2.18. The highest BCUT2D eigenvalue weighted by molar-refractivity contribution is 7.15. The van der Waals surface area contributed by atoms with Crippen molar-refractivity contribution in [2.45, 2.75) is 38.0 Å². The molecule has 0 amide bonds. The molecule has 0 spiro atoms. The summed E-state index contributed by atoms with van der Waals surface area (Å²) < 4.78 is 3.86. The molecule has 0 aliphatic heterocycles. The molecule has 1 aromatic rings. The summed E-state index contributed by atoms with van der Waals surface area (Å²) in [6, 6.07) is 0. The molecule has 16 heavy (non-hydrogen) atoms. The fourth-order valence-electron chi connectivity index (χ4n) is 1.76. The van der Waals surface area contributed by atoms with E-state index < -0.39 is 0 Å². The molecule has 0 atom stereocenters. The van der Waals surface area contributed by atoms with Gasteiger partial charge in [0.15, 0.2) is 0 Å². The normalized spacial score (nSPS) is 16.1. The number of hydrogen-bond donors (Lipinski definition) is 1. The summed E-state index contributed by atoms with van der Waals surface area (Å²) in [5.41, 5.74) is 5.53. The molecule has 0 bridgehead atoms. The number of carbonyl (C=O) groups is 1. The number of methoxy groups -OCH3 is 1. The molecule has 0 saturated heterocycles. The number of carbonyl (C=O) groups excluding carboxylic acids is 1. The van der Waals surface area contributed by atoms with Crippen LogP contribution in [0.1, 0.15) is 43.0 Å². The van der Waals surface area contributed by atoms with Crippen LogP contribution in [-0.2, 0) is 9.53 Å². The van der Waals surface area contributed by atoms with Crippen LogP contribution in [0.2, 0.25) is 0 Å². The summed E-state index contributed by atoms with van der Waals surface area (Å²) in [4.78, 5) is 8.95. The van der Waals surface area contributed by atoms with Crippen LogP contribution >= 0.6 is 11.3 Å². The van der Waals surface area contributed by atoms with Crippen molar-refractivity contribution in [1.29, 1.82) is 0 Å². The van der Waals surface area contributed by atoms with Gasteiger partial charge in [0.05, 0.1) is 7.11 Å². The van der Waals surface area contributed by atoms with E-state index >= 15 is 0 Å². The number of nitrogen functional groups attached to an aromatic ring is 1. The van der Waals surface area contributed by atoms with Crippen LogP contribution < -0.4 is 5.73 Å². The van der Waals surface area contributed by atoms with E-state index in [9.17, 15) is 0 Å². The van der Waals surface area contributed by atoms with Gasteiger partial charge in [0.2, 0.25) is 5.13 Å². The lowest BCUT2D eigenvalue weighted by molar-refractivity contribution is -0.126. The van der Waals surface area contributed by atoms with Crippen LogP contribution in [-0.4, -0.2) is 23.8 Å². The first-order valence-corrected chi connectivity index (χ1v) is 6.15. The maximum atomic E-state index is 8.95. The fourth-order valence-corrected chi connectivity index (χ4v) is 2.54. The van der Waals surface area contributed by atoms with Gasteiger partial charge in [0, 0.05) is 5.92 Å². The zero-order valence-electron chi connectivity index (χ0n) is 9.39. The Kier molecular flexibility index (Phi) is 5.77. The highest BCUT2D eigenvalue weighted by atomic mass is 32.1. The van der Waals surface area contributed by atoms with Crippen molar-refractivity contribution in [1.82, 2.24) is 10.2 Å². The first-order valence-electron chi connectivity index (χ1n) is 5.33. The molecule has 1 fully saturated rings. The van der Waals surface area contributed by atoms with Crippen molar-refractivity contribution < 1.29 is 9.53 Å². The van der Waals surface area contributed by atoms with Crippen LogP contribution in [0, 0.1) is 0 Å². The molecule has 1 aliphatic rings. The Balaban J connectivity index is 0.000000280. The SMILES string of the molecule is COC=O.Nc1nnc(C2CCCCC2)s1.